The van der Waals surface area contributed by atoms with E-state index in [1.165, 1.54) is 0 Å². The Morgan fingerprint density at radius 3 is 2.69 bits per heavy atom. The Balaban J connectivity index is 2.63. The van der Waals surface area contributed by atoms with Gasteiger partial charge in [0.1, 0.15) is 5.38 Å². The summed E-state index contributed by atoms with van der Waals surface area (Å²) in [6.45, 7) is 4.11. The van der Waals surface area contributed by atoms with Crippen molar-refractivity contribution >= 4 is 17.5 Å². The summed E-state index contributed by atoms with van der Waals surface area (Å²) in [6, 6.07) is -0.0336. The van der Waals surface area contributed by atoms with Crippen molar-refractivity contribution in [3.05, 3.63) is 0 Å². The standard InChI is InChI=1S/C9H16ClNO2/c1-6(10)9(13)11-5-3-4-8(11)7(2)12/h6-8,12H,3-5H2,1-2H3/t6-,7-,8-/m0/s1. The molecular formula is C9H16ClNO2. The van der Waals surface area contributed by atoms with E-state index in [-0.39, 0.29) is 11.9 Å². The number of aliphatic hydroxyl groups excluding tert-OH is 1. The summed E-state index contributed by atoms with van der Waals surface area (Å²) in [6.07, 6.45) is 1.39. The molecule has 1 rings (SSSR count). The van der Waals surface area contributed by atoms with E-state index >= 15 is 0 Å². The predicted molar refractivity (Wildman–Crippen MR) is 51.7 cm³/mol. The Labute approximate surface area is 83.7 Å². The lowest BCUT2D eigenvalue weighted by atomic mass is 10.1. The van der Waals surface area contributed by atoms with Crippen molar-refractivity contribution < 1.29 is 9.90 Å². The van der Waals surface area contributed by atoms with E-state index in [1.54, 1.807) is 18.7 Å². The minimum Gasteiger partial charge on any atom is -0.391 e. The fourth-order valence-corrected chi connectivity index (χ4v) is 1.92. The molecular weight excluding hydrogens is 190 g/mol. The van der Waals surface area contributed by atoms with Crippen molar-refractivity contribution in [1.29, 1.82) is 0 Å². The molecule has 0 aromatic rings. The Kier molecular flexibility index (Phi) is 3.56. The molecule has 1 aliphatic rings. The summed E-state index contributed by atoms with van der Waals surface area (Å²) in [5.41, 5.74) is 0. The number of alkyl halides is 1. The lowest BCUT2D eigenvalue weighted by Crippen LogP contribution is -2.44. The number of rotatable bonds is 2. The summed E-state index contributed by atoms with van der Waals surface area (Å²) in [5, 5.41) is 8.93. The van der Waals surface area contributed by atoms with Gasteiger partial charge in [-0.05, 0) is 26.7 Å². The zero-order chi connectivity index (χ0) is 10.0. The van der Waals surface area contributed by atoms with Gasteiger partial charge in [0.05, 0.1) is 12.1 Å². The van der Waals surface area contributed by atoms with Gasteiger partial charge in [-0.2, -0.15) is 0 Å². The zero-order valence-corrected chi connectivity index (χ0v) is 8.79. The number of carbonyl (C=O) groups is 1. The van der Waals surface area contributed by atoms with Gasteiger partial charge < -0.3 is 10.0 Å². The third kappa shape index (κ3) is 2.35. The molecule has 0 bridgehead atoms. The second-order valence-electron chi connectivity index (χ2n) is 3.60. The van der Waals surface area contributed by atoms with Crippen molar-refractivity contribution in [1.82, 2.24) is 4.90 Å². The quantitative estimate of drug-likeness (QED) is 0.683. The number of aliphatic hydroxyl groups is 1. The van der Waals surface area contributed by atoms with Crippen LogP contribution < -0.4 is 0 Å². The van der Waals surface area contributed by atoms with Crippen LogP contribution in [0.2, 0.25) is 0 Å². The van der Waals surface area contributed by atoms with Crippen LogP contribution in [-0.2, 0) is 4.79 Å². The van der Waals surface area contributed by atoms with Crippen LogP contribution in [0.1, 0.15) is 26.7 Å². The highest BCUT2D eigenvalue weighted by Crippen LogP contribution is 2.21. The third-order valence-electron chi connectivity index (χ3n) is 2.48. The molecule has 0 radical (unpaired) electrons. The maximum absolute atomic E-state index is 11.5. The van der Waals surface area contributed by atoms with E-state index in [2.05, 4.69) is 0 Å². The number of amides is 1. The van der Waals surface area contributed by atoms with Gasteiger partial charge in [-0.1, -0.05) is 0 Å². The number of carbonyl (C=O) groups excluding carboxylic acids is 1. The van der Waals surface area contributed by atoms with Crippen LogP contribution in [0.5, 0.6) is 0 Å². The van der Waals surface area contributed by atoms with Crippen LogP contribution in [-0.4, -0.2) is 40.0 Å². The second kappa shape index (κ2) is 4.29. The highest BCUT2D eigenvalue weighted by Gasteiger charge is 2.33. The van der Waals surface area contributed by atoms with Crippen LogP contribution >= 0.6 is 11.6 Å². The second-order valence-corrected chi connectivity index (χ2v) is 4.25. The molecule has 4 heteroatoms. The molecule has 0 aromatic carbocycles. The van der Waals surface area contributed by atoms with E-state index in [1.807, 2.05) is 0 Å². The lowest BCUT2D eigenvalue weighted by molar-refractivity contribution is -0.133. The van der Waals surface area contributed by atoms with Crippen molar-refractivity contribution in [3.63, 3.8) is 0 Å². The molecule has 1 saturated heterocycles. The Bertz CT molecular complexity index is 194. The molecule has 0 spiro atoms. The van der Waals surface area contributed by atoms with Gasteiger partial charge in [-0.25, -0.2) is 0 Å². The average Bonchev–Trinajstić information content (AvgIpc) is 2.50. The van der Waals surface area contributed by atoms with Crippen molar-refractivity contribution in [2.45, 2.75) is 44.2 Å². The molecule has 1 heterocycles. The summed E-state index contributed by atoms with van der Waals surface area (Å²) in [4.78, 5) is 13.2. The number of halogens is 1. The highest BCUT2D eigenvalue weighted by atomic mass is 35.5. The first-order valence-corrected chi connectivity index (χ1v) is 5.10. The molecule has 76 valence electrons. The number of nitrogens with zero attached hydrogens (tertiary/aromatic N) is 1. The number of likely N-dealkylation sites (tertiary alicyclic amines) is 1. The number of hydrogen-bond acceptors (Lipinski definition) is 2. The Hall–Kier alpha value is -0.280. The predicted octanol–water partition coefficient (Wildman–Crippen LogP) is 0.986. The maximum atomic E-state index is 11.5. The summed E-state index contributed by atoms with van der Waals surface area (Å²) < 4.78 is 0. The first-order valence-electron chi connectivity index (χ1n) is 4.66. The van der Waals surface area contributed by atoms with E-state index < -0.39 is 11.5 Å². The Morgan fingerprint density at radius 1 is 1.62 bits per heavy atom. The monoisotopic (exact) mass is 205 g/mol. The average molecular weight is 206 g/mol. The molecule has 3 nitrogen and oxygen atoms in total. The first-order chi connectivity index (χ1) is 6.04. The zero-order valence-electron chi connectivity index (χ0n) is 8.03. The summed E-state index contributed by atoms with van der Waals surface area (Å²) in [7, 11) is 0. The first kappa shape index (κ1) is 10.8. The fourth-order valence-electron chi connectivity index (χ4n) is 1.80. The minimum atomic E-state index is -0.487. The highest BCUT2D eigenvalue weighted by molar-refractivity contribution is 6.30. The van der Waals surface area contributed by atoms with Crippen LogP contribution in [0.4, 0.5) is 0 Å². The molecule has 0 aliphatic carbocycles. The molecule has 0 aromatic heterocycles. The fraction of sp³-hybridized carbons (Fsp3) is 0.889. The molecule has 0 unspecified atom stereocenters. The molecule has 3 atom stereocenters. The normalized spacial score (nSPS) is 27.4. The van der Waals surface area contributed by atoms with Crippen LogP contribution in [0, 0.1) is 0 Å². The van der Waals surface area contributed by atoms with Crippen LogP contribution in [0.15, 0.2) is 0 Å². The van der Waals surface area contributed by atoms with E-state index in [0.717, 1.165) is 19.4 Å². The van der Waals surface area contributed by atoms with Crippen molar-refractivity contribution in [2.24, 2.45) is 0 Å². The topological polar surface area (TPSA) is 40.5 Å². The van der Waals surface area contributed by atoms with Crippen molar-refractivity contribution in [2.75, 3.05) is 6.54 Å². The maximum Gasteiger partial charge on any atom is 0.240 e. The molecule has 1 aliphatic heterocycles. The molecule has 1 amide bonds. The largest absolute Gasteiger partial charge is 0.391 e. The van der Waals surface area contributed by atoms with E-state index in [0.29, 0.717) is 0 Å². The van der Waals surface area contributed by atoms with Crippen LogP contribution in [0.3, 0.4) is 0 Å². The van der Waals surface area contributed by atoms with Crippen LogP contribution in [0.25, 0.3) is 0 Å². The van der Waals surface area contributed by atoms with Gasteiger partial charge in [-0.3, -0.25) is 4.79 Å². The summed E-state index contributed by atoms with van der Waals surface area (Å²) >= 11 is 5.71. The Morgan fingerprint density at radius 2 is 2.23 bits per heavy atom. The van der Waals surface area contributed by atoms with Gasteiger partial charge in [-0.15, -0.1) is 11.6 Å². The number of hydrogen-bond donors (Lipinski definition) is 1. The van der Waals surface area contributed by atoms with Gasteiger partial charge in [0.15, 0.2) is 0 Å². The molecule has 1 N–H and O–H groups in total. The summed E-state index contributed by atoms with van der Waals surface area (Å²) in [5.74, 6) is -0.0648. The van der Waals surface area contributed by atoms with E-state index in [4.69, 9.17) is 11.6 Å². The van der Waals surface area contributed by atoms with E-state index in [9.17, 15) is 9.90 Å². The third-order valence-corrected chi connectivity index (χ3v) is 2.67. The van der Waals surface area contributed by atoms with Gasteiger partial charge in [0.2, 0.25) is 5.91 Å². The molecule has 13 heavy (non-hydrogen) atoms. The smallest absolute Gasteiger partial charge is 0.240 e. The lowest BCUT2D eigenvalue weighted by Gasteiger charge is -2.27. The molecule has 0 saturated carbocycles. The van der Waals surface area contributed by atoms with Crippen molar-refractivity contribution in [3.8, 4) is 0 Å². The molecule has 1 fully saturated rings. The van der Waals surface area contributed by atoms with Gasteiger partial charge in [0, 0.05) is 6.54 Å². The van der Waals surface area contributed by atoms with Gasteiger partial charge >= 0.3 is 0 Å². The van der Waals surface area contributed by atoms with Gasteiger partial charge in [0.25, 0.3) is 0 Å². The minimum absolute atomic E-state index is 0.0336. The SMILES string of the molecule is C[C@H](Cl)C(=O)N1CCC[C@H]1[C@H](C)O.